The third-order valence-electron chi connectivity index (χ3n) is 4.54. The van der Waals surface area contributed by atoms with Gasteiger partial charge in [-0.25, -0.2) is 0 Å². The molecular weight excluding hydrogens is 324 g/mol. The Morgan fingerprint density at radius 2 is 1.62 bits per heavy atom. The van der Waals surface area contributed by atoms with E-state index in [-0.39, 0.29) is 11.8 Å². The molecule has 0 radical (unpaired) electrons. The summed E-state index contributed by atoms with van der Waals surface area (Å²) >= 11 is 0. The Morgan fingerprint density at radius 3 is 2.31 bits per heavy atom. The lowest BCUT2D eigenvalue weighted by Gasteiger charge is -2.18. The SMILES string of the molecule is CCCCCCCCC(=O)NC(CCC)C(=O)NCCc1ccccc1. The molecule has 4 heteroatoms. The molecule has 146 valence electrons. The molecule has 2 N–H and O–H groups in total. The van der Waals surface area contributed by atoms with Crippen molar-refractivity contribution in [3.05, 3.63) is 35.9 Å². The summed E-state index contributed by atoms with van der Waals surface area (Å²) in [4.78, 5) is 24.5. The maximum Gasteiger partial charge on any atom is 0.242 e. The lowest BCUT2D eigenvalue weighted by Crippen LogP contribution is -2.47. The Hall–Kier alpha value is -1.84. The van der Waals surface area contributed by atoms with Crippen molar-refractivity contribution in [1.82, 2.24) is 10.6 Å². The first-order chi connectivity index (χ1) is 12.7. The van der Waals surface area contributed by atoms with Gasteiger partial charge in [0.25, 0.3) is 0 Å². The van der Waals surface area contributed by atoms with Crippen molar-refractivity contribution >= 4 is 11.8 Å². The van der Waals surface area contributed by atoms with Gasteiger partial charge in [-0.2, -0.15) is 0 Å². The van der Waals surface area contributed by atoms with E-state index in [1.165, 1.54) is 31.2 Å². The maximum atomic E-state index is 12.4. The molecule has 1 aromatic carbocycles. The van der Waals surface area contributed by atoms with E-state index in [9.17, 15) is 9.59 Å². The molecule has 26 heavy (non-hydrogen) atoms. The first-order valence-corrected chi connectivity index (χ1v) is 10.3. The summed E-state index contributed by atoms with van der Waals surface area (Å²) < 4.78 is 0. The number of rotatable bonds is 14. The zero-order valence-electron chi connectivity index (χ0n) is 16.6. The predicted molar refractivity (Wildman–Crippen MR) is 108 cm³/mol. The summed E-state index contributed by atoms with van der Waals surface area (Å²) in [5.74, 6) is -0.0729. The standard InChI is InChI=1S/C22H36N2O2/c1-3-5-6-7-8-12-16-21(25)24-20(13-4-2)22(26)23-18-17-19-14-10-9-11-15-19/h9-11,14-15,20H,3-8,12-13,16-18H2,1-2H3,(H,23,26)(H,24,25). The van der Waals surface area contributed by atoms with E-state index >= 15 is 0 Å². The average molecular weight is 361 g/mol. The van der Waals surface area contributed by atoms with Crippen LogP contribution in [-0.4, -0.2) is 24.4 Å². The molecule has 1 atom stereocenters. The smallest absolute Gasteiger partial charge is 0.242 e. The number of carbonyl (C=O) groups is 2. The first-order valence-electron chi connectivity index (χ1n) is 10.3. The monoisotopic (exact) mass is 360 g/mol. The van der Waals surface area contributed by atoms with Crippen LogP contribution in [0.3, 0.4) is 0 Å². The van der Waals surface area contributed by atoms with Gasteiger partial charge < -0.3 is 10.6 Å². The van der Waals surface area contributed by atoms with Crippen LogP contribution in [0, 0.1) is 0 Å². The Morgan fingerprint density at radius 1 is 0.923 bits per heavy atom. The number of hydrogen-bond donors (Lipinski definition) is 2. The van der Waals surface area contributed by atoms with E-state index in [4.69, 9.17) is 0 Å². The molecule has 0 bridgehead atoms. The molecule has 4 nitrogen and oxygen atoms in total. The minimum absolute atomic E-state index is 0.00264. The van der Waals surface area contributed by atoms with E-state index in [2.05, 4.69) is 29.7 Å². The second-order valence-electron chi connectivity index (χ2n) is 6.95. The topological polar surface area (TPSA) is 58.2 Å². The van der Waals surface area contributed by atoms with Crippen LogP contribution in [-0.2, 0) is 16.0 Å². The normalized spacial score (nSPS) is 11.8. The van der Waals surface area contributed by atoms with Crippen LogP contribution < -0.4 is 10.6 Å². The highest BCUT2D eigenvalue weighted by molar-refractivity contribution is 5.87. The highest BCUT2D eigenvalue weighted by Gasteiger charge is 2.19. The van der Waals surface area contributed by atoms with Crippen LogP contribution >= 0.6 is 0 Å². The molecule has 0 saturated carbocycles. The molecule has 0 fully saturated rings. The van der Waals surface area contributed by atoms with E-state index < -0.39 is 6.04 Å². The van der Waals surface area contributed by atoms with Crippen LogP contribution in [0.1, 0.15) is 77.2 Å². The minimum atomic E-state index is -0.414. The van der Waals surface area contributed by atoms with Crippen LogP contribution in [0.15, 0.2) is 30.3 Å². The lowest BCUT2D eigenvalue weighted by atomic mass is 10.1. The van der Waals surface area contributed by atoms with E-state index in [0.717, 1.165) is 25.7 Å². The van der Waals surface area contributed by atoms with Crippen molar-refractivity contribution in [3.8, 4) is 0 Å². The largest absolute Gasteiger partial charge is 0.354 e. The minimum Gasteiger partial charge on any atom is -0.354 e. The number of carbonyl (C=O) groups excluding carboxylic acids is 2. The summed E-state index contributed by atoms with van der Waals surface area (Å²) in [7, 11) is 0. The number of amides is 2. The second kappa shape index (κ2) is 14.3. The van der Waals surface area contributed by atoms with Gasteiger partial charge in [0.2, 0.25) is 11.8 Å². The van der Waals surface area contributed by atoms with Gasteiger partial charge in [0, 0.05) is 13.0 Å². The van der Waals surface area contributed by atoms with Crippen molar-refractivity contribution in [3.63, 3.8) is 0 Å². The Bertz CT molecular complexity index is 502. The van der Waals surface area contributed by atoms with Gasteiger partial charge >= 0.3 is 0 Å². The van der Waals surface area contributed by atoms with Gasteiger partial charge in [0.1, 0.15) is 6.04 Å². The van der Waals surface area contributed by atoms with E-state index in [1.54, 1.807) is 0 Å². The Labute approximate surface area is 159 Å². The molecule has 1 aromatic rings. The second-order valence-corrected chi connectivity index (χ2v) is 6.95. The summed E-state index contributed by atoms with van der Waals surface area (Å²) in [6.07, 6.45) is 9.82. The third kappa shape index (κ3) is 10.2. The predicted octanol–water partition coefficient (Wildman–Crippen LogP) is 4.38. The third-order valence-corrected chi connectivity index (χ3v) is 4.54. The van der Waals surface area contributed by atoms with Gasteiger partial charge in [0.15, 0.2) is 0 Å². The molecule has 0 aliphatic rings. The zero-order valence-corrected chi connectivity index (χ0v) is 16.6. The quantitative estimate of drug-likeness (QED) is 0.484. The van der Waals surface area contributed by atoms with E-state index in [0.29, 0.717) is 19.4 Å². The number of hydrogen-bond acceptors (Lipinski definition) is 2. The number of nitrogens with one attached hydrogen (secondary N) is 2. The molecule has 1 rings (SSSR count). The fourth-order valence-electron chi connectivity index (χ4n) is 2.99. The van der Waals surface area contributed by atoms with Crippen molar-refractivity contribution in [2.75, 3.05) is 6.54 Å². The molecular formula is C22H36N2O2. The maximum absolute atomic E-state index is 12.4. The molecule has 1 unspecified atom stereocenters. The summed E-state index contributed by atoms with van der Waals surface area (Å²) in [6.45, 7) is 4.83. The van der Waals surface area contributed by atoms with Crippen molar-refractivity contribution < 1.29 is 9.59 Å². The Balaban J connectivity index is 2.27. The van der Waals surface area contributed by atoms with Crippen LogP contribution in [0.5, 0.6) is 0 Å². The van der Waals surface area contributed by atoms with Gasteiger partial charge in [0.05, 0.1) is 0 Å². The van der Waals surface area contributed by atoms with Crippen molar-refractivity contribution in [2.45, 2.75) is 84.1 Å². The lowest BCUT2D eigenvalue weighted by molar-refractivity contribution is -0.129. The van der Waals surface area contributed by atoms with Crippen molar-refractivity contribution in [2.24, 2.45) is 0 Å². The first kappa shape index (κ1) is 22.2. The Kier molecular flexibility index (Phi) is 12.2. The molecule has 2 amide bonds. The highest BCUT2D eigenvalue weighted by Crippen LogP contribution is 2.07. The van der Waals surface area contributed by atoms with Crippen LogP contribution in [0.2, 0.25) is 0 Å². The van der Waals surface area contributed by atoms with E-state index in [1.807, 2.05) is 25.1 Å². The number of benzene rings is 1. The molecule has 0 heterocycles. The summed E-state index contributed by atoms with van der Waals surface area (Å²) in [6, 6.07) is 9.68. The summed E-state index contributed by atoms with van der Waals surface area (Å²) in [5, 5.41) is 5.88. The highest BCUT2D eigenvalue weighted by atomic mass is 16.2. The van der Waals surface area contributed by atoms with Gasteiger partial charge in [-0.1, -0.05) is 82.7 Å². The molecule has 0 aliphatic heterocycles. The van der Waals surface area contributed by atoms with Crippen LogP contribution in [0.4, 0.5) is 0 Å². The molecule has 0 saturated heterocycles. The summed E-state index contributed by atoms with van der Waals surface area (Å²) in [5.41, 5.74) is 1.20. The van der Waals surface area contributed by atoms with Gasteiger partial charge in [-0.3, -0.25) is 9.59 Å². The van der Waals surface area contributed by atoms with Gasteiger partial charge in [-0.15, -0.1) is 0 Å². The molecule has 0 aliphatic carbocycles. The molecule has 0 aromatic heterocycles. The van der Waals surface area contributed by atoms with Crippen LogP contribution in [0.25, 0.3) is 0 Å². The molecule has 0 spiro atoms. The fourth-order valence-corrected chi connectivity index (χ4v) is 2.99. The van der Waals surface area contributed by atoms with Crippen molar-refractivity contribution in [1.29, 1.82) is 0 Å². The fraction of sp³-hybridized carbons (Fsp3) is 0.636. The van der Waals surface area contributed by atoms with Gasteiger partial charge in [-0.05, 0) is 24.8 Å². The average Bonchev–Trinajstić information content (AvgIpc) is 2.65. The zero-order chi connectivity index (χ0) is 19.0. The number of unbranched alkanes of at least 4 members (excludes halogenated alkanes) is 5.